The molecule has 112 valence electrons. The van der Waals surface area contributed by atoms with Crippen LogP contribution in [0.3, 0.4) is 0 Å². The lowest BCUT2D eigenvalue weighted by atomic mass is 10.2. The van der Waals surface area contributed by atoms with Crippen LogP contribution in [-0.2, 0) is 6.54 Å². The van der Waals surface area contributed by atoms with Gasteiger partial charge in [-0.3, -0.25) is 0 Å². The van der Waals surface area contributed by atoms with E-state index in [1.54, 1.807) is 7.11 Å². The molecule has 0 saturated carbocycles. The number of methoxy groups -OCH3 is 1. The van der Waals surface area contributed by atoms with E-state index in [9.17, 15) is 0 Å². The van der Waals surface area contributed by atoms with Crippen molar-refractivity contribution in [3.8, 4) is 17.2 Å². The molecule has 1 N–H and O–H groups in total. The zero-order valence-corrected chi connectivity index (χ0v) is 15.1. The fraction of sp³-hybridized carbons (Fsp3) is 0.250. The highest BCUT2D eigenvalue weighted by Crippen LogP contribution is 2.38. The van der Waals surface area contributed by atoms with Gasteiger partial charge in [-0.2, -0.15) is 0 Å². The molecule has 0 heterocycles. The van der Waals surface area contributed by atoms with E-state index in [0.717, 1.165) is 39.3 Å². The molecule has 0 amide bonds. The standard InChI is InChI=1S/C16H17Br2NO2/c1-3-19-10-11-5-4-6-12(7-11)21-16-9-13(17)15(20-2)8-14(16)18/h4-9,19H,3,10H2,1-2H3. The number of halogens is 2. The van der Waals surface area contributed by atoms with Crippen LogP contribution in [-0.4, -0.2) is 13.7 Å². The number of benzene rings is 2. The number of hydrogen-bond acceptors (Lipinski definition) is 3. The molecular weight excluding hydrogens is 398 g/mol. The molecular formula is C16H17Br2NO2. The minimum absolute atomic E-state index is 0.739. The van der Waals surface area contributed by atoms with Crippen molar-refractivity contribution in [2.24, 2.45) is 0 Å². The molecule has 0 aromatic heterocycles. The van der Waals surface area contributed by atoms with Gasteiger partial charge in [-0.25, -0.2) is 0 Å². The Morgan fingerprint density at radius 3 is 2.48 bits per heavy atom. The van der Waals surface area contributed by atoms with E-state index < -0.39 is 0 Å². The lowest BCUT2D eigenvalue weighted by Crippen LogP contribution is -2.11. The van der Waals surface area contributed by atoms with E-state index in [0.29, 0.717) is 0 Å². The molecule has 0 aliphatic carbocycles. The third kappa shape index (κ3) is 4.46. The minimum Gasteiger partial charge on any atom is -0.496 e. The van der Waals surface area contributed by atoms with Crippen LogP contribution >= 0.6 is 31.9 Å². The highest BCUT2D eigenvalue weighted by atomic mass is 79.9. The van der Waals surface area contributed by atoms with Crippen molar-refractivity contribution in [2.75, 3.05) is 13.7 Å². The van der Waals surface area contributed by atoms with Gasteiger partial charge in [0.2, 0.25) is 0 Å². The number of ether oxygens (including phenoxy) is 2. The Morgan fingerprint density at radius 1 is 1.05 bits per heavy atom. The third-order valence-corrected chi connectivity index (χ3v) is 4.15. The van der Waals surface area contributed by atoms with E-state index in [-0.39, 0.29) is 0 Å². The third-order valence-electron chi connectivity index (χ3n) is 2.91. The molecule has 5 heteroatoms. The van der Waals surface area contributed by atoms with Gasteiger partial charge >= 0.3 is 0 Å². The molecule has 21 heavy (non-hydrogen) atoms. The van der Waals surface area contributed by atoms with Gasteiger partial charge in [0.1, 0.15) is 17.2 Å². The molecule has 0 spiro atoms. The predicted molar refractivity (Wildman–Crippen MR) is 92.3 cm³/mol. The molecule has 2 aromatic rings. The normalized spacial score (nSPS) is 10.5. The maximum Gasteiger partial charge on any atom is 0.143 e. The van der Waals surface area contributed by atoms with Crippen molar-refractivity contribution in [1.82, 2.24) is 5.32 Å². The van der Waals surface area contributed by atoms with Crippen LogP contribution in [0.25, 0.3) is 0 Å². The van der Waals surface area contributed by atoms with Crippen LogP contribution in [0.4, 0.5) is 0 Å². The highest BCUT2D eigenvalue weighted by molar-refractivity contribution is 9.11. The van der Waals surface area contributed by atoms with Crippen molar-refractivity contribution in [3.63, 3.8) is 0 Å². The Bertz CT molecular complexity index is 617. The highest BCUT2D eigenvalue weighted by Gasteiger charge is 2.09. The summed E-state index contributed by atoms with van der Waals surface area (Å²) in [5.41, 5.74) is 1.19. The lowest BCUT2D eigenvalue weighted by Gasteiger charge is -2.12. The van der Waals surface area contributed by atoms with Gasteiger partial charge in [-0.15, -0.1) is 0 Å². The molecule has 0 saturated heterocycles. The van der Waals surface area contributed by atoms with E-state index in [4.69, 9.17) is 9.47 Å². The van der Waals surface area contributed by atoms with Gasteiger partial charge in [0, 0.05) is 6.54 Å². The minimum atomic E-state index is 0.739. The van der Waals surface area contributed by atoms with Crippen molar-refractivity contribution in [3.05, 3.63) is 50.9 Å². The first kappa shape index (κ1) is 16.3. The maximum absolute atomic E-state index is 5.95. The number of nitrogens with one attached hydrogen (secondary N) is 1. The molecule has 0 bridgehead atoms. The summed E-state index contributed by atoms with van der Waals surface area (Å²) >= 11 is 6.97. The van der Waals surface area contributed by atoms with Crippen molar-refractivity contribution in [1.29, 1.82) is 0 Å². The van der Waals surface area contributed by atoms with Crippen molar-refractivity contribution >= 4 is 31.9 Å². The summed E-state index contributed by atoms with van der Waals surface area (Å²) in [7, 11) is 1.64. The first-order chi connectivity index (χ1) is 10.1. The molecule has 0 radical (unpaired) electrons. The monoisotopic (exact) mass is 413 g/mol. The van der Waals surface area contributed by atoms with Gasteiger partial charge in [0.05, 0.1) is 16.1 Å². The van der Waals surface area contributed by atoms with E-state index in [2.05, 4.69) is 50.2 Å². The molecule has 3 nitrogen and oxygen atoms in total. The molecule has 0 aliphatic heterocycles. The first-order valence-corrected chi connectivity index (χ1v) is 8.23. The fourth-order valence-corrected chi connectivity index (χ4v) is 2.75. The summed E-state index contributed by atoms with van der Waals surface area (Å²) < 4.78 is 12.9. The second kappa shape index (κ2) is 7.82. The summed E-state index contributed by atoms with van der Waals surface area (Å²) in [4.78, 5) is 0. The Hall–Kier alpha value is -1.04. The van der Waals surface area contributed by atoms with Crippen LogP contribution in [0.15, 0.2) is 45.3 Å². The number of hydrogen-bond donors (Lipinski definition) is 1. The molecule has 0 unspecified atom stereocenters. The second-order valence-electron chi connectivity index (χ2n) is 4.45. The Labute approximate surface area is 141 Å². The first-order valence-electron chi connectivity index (χ1n) is 6.64. The lowest BCUT2D eigenvalue weighted by molar-refractivity contribution is 0.409. The SMILES string of the molecule is CCNCc1cccc(Oc2cc(Br)c(OC)cc2Br)c1. The van der Waals surface area contributed by atoms with Gasteiger partial charge in [-0.05, 0) is 68.2 Å². The molecule has 2 aromatic carbocycles. The average Bonchev–Trinajstić information content (AvgIpc) is 2.49. The summed E-state index contributed by atoms with van der Waals surface area (Å²) in [5.74, 6) is 2.31. The quantitative estimate of drug-likeness (QED) is 0.711. The zero-order chi connectivity index (χ0) is 15.2. The van der Waals surface area contributed by atoms with Crippen LogP contribution in [0, 0.1) is 0 Å². The van der Waals surface area contributed by atoms with Crippen molar-refractivity contribution in [2.45, 2.75) is 13.5 Å². The van der Waals surface area contributed by atoms with Gasteiger partial charge in [0.15, 0.2) is 0 Å². The van der Waals surface area contributed by atoms with Crippen LogP contribution in [0.5, 0.6) is 17.2 Å². The summed E-state index contributed by atoms with van der Waals surface area (Å²) in [6.45, 7) is 3.87. The predicted octanol–water partition coefficient (Wildman–Crippen LogP) is 5.12. The van der Waals surface area contributed by atoms with E-state index in [1.165, 1.54) is 5.56 Å². The van der Waals surface area contributed by atoms with Crippen LogP contribution in [0.1, 0.15) is 12.5 Å². The largest absolute Gasteiger partial charge is 0.496 e. The Morgan fingerprint density at radius 2 is 1.76 bits per heavy atom. The Kier molecular flexibility index (Phi) is 6.08. The van der Waals surface area contributed by atoms with E-state index >= 15 is 0 Å². The van der Waals surface area contributed by atoms with Gasteiger partial charge in [-0.1, -0.05) is 19.1 Å². The smallest absolute Gasteiger partial charge is 0.143 e. The van der Waals surface area contributed by atoms with Crippen LogP contribution in [0.2, 0.25) is 0 Å². The summed E-state index contributed by atoms with van der Waals surface area (Å²) in [6.07, 6.45) is 0. The second-order valence-corrected chi connectivity index (χ2v) is 6.16. The van der Waals surface area contributed by atoms with Crippen molar-refractivity contribution < 1.29 is 9.47 Å². The Balaban J connectivity index is 2.20. The van der Waals surface area contributed by atoms with Gasteiger partial charge in [0.25, 0.3) is 0 Å². The average molecular weight is 415 g/mol. The molecule has 0 fully saturated rings. The van der Waals surface area contributed by atoms with Gasteiger partial charge < -0.3 is 14.8 Å². The molecule has 0 aliphatic rings. The molecule has 0 atom stereocenters. The molecule has 2 rings (SSSR count). The zero-order valence-electron chi connectivity index (χ0n) is 12.0. The fourth-order valence-electron chi connectivity index (χ4n) is 1.86. The number of rotatable bonds is 6. The van der Waals surface area contributed by atoms with E-state index in [1.807, 2.05) is 30.3 Å². The maximum atomic E-state index is 5.95. The summed E-state index contributed by atoms with van der Waals surface area (Å²) in [6, 6.07) is 11.8. The summed E-state index contributed by atoms with van der Waals surface area (Å²) in [5, 5.41) is 3.30. The topological polar surface area (TPSA) is 30.5 Å². The van der Waals surface area contributed by atoms with Crippen LogP contribution < -0.4 is 14.8 Å².